The minimum absolute atomic E-state index is 0.0141. The van der Waals surface area contributed by atoms with Crippen LogP contribution in [-0.4, -0.2) is 26.3 Å². The lowest BCUT2D eigenvalue weighted by Crippen LogP contribution is -2.13. The molecule has 0 aromatic carbocycles. The van der Waals surface area contributed by atoms with E-state index in [-0.39, 0.29) is 12.5 Å². The summed E-state index contributed by atoms with van der Waals surface area (Å²) in [7, 11) is 0. The summed E-state index contributed by atoms with van der Waals surface area (Å²) in [6.45, 7) is 6.25. The highest BCUT2D eigenvalue weighted by Gasteiger charge is 2.19. The summed E-state index contributed by atoms with van der Waals surface area (Å²) in [4.78, 5) is 4.46. The number of rotatable bonds is 3. The van der Waals surface area contributed by atoms with Crippen molar-refractivity contribution in [2.24, 2.45) is 5.92 Å². The monoisotopic (exact) mass is 219 g/mol. The van der Waals surface area contributed by atoms with Crippen LogP contribution in [-0.2, 0) is 0 Å². The quantitative estimate of drug-likeness (QED) is 0.856. The van der Waals surface area contributed by atoms with Crippen LogP contribution in [0.4, 0.5) is 0 Å². The van der Waals surface area contributed by atoms with E-state index < -0.39 is 0 Å². The van der Waals surface area contributed by atoms with E-state index in [0.717, 1.165) is 17.0 Å². The van der Waals surface area contributed by atoms with E-state index in [2.05, 4.69) is 23.9 Å². The second-order valence-corrected chi connectivity index (χ2v) is 4.51. The summed E-state index contributed by atoms with van der Waals surface area (Å²) in [5, 5.41) is 13.7. The first-order valence-corrected chi connectivity index (χ1v) is 5.55. The molecule has 1 N–H and O–H groups in total. The molecule has 16 heavy (non-hydrogen) atoms. The number of hydrogen-bond donors (Lipinski definition) is 1. The Morgan fingerprint density at radius 3 is 2.81 bits per heavy atom. The van der Waals surface area contributed by atoms with Gasteiger partial charge in [-0.15, -0.1) is 0 Å². The van der Waals surface area contributed by atoms with Crippen molar-refractivity contribution in [3.8, 4) is 0 Å². The van der Waals surface area contributed by atoms with Gasteiger partial charge in [0.2, 0.25) is 0 Å². The molecule has 0 aliphatic heterocycles. The maximum absolute atomic E-state index is 9.34. The predicted octanol–water partition coefficient (Wildman–Crippen LogP) is 1.77. The summed E-state index contributed by atoms with van der Waals surface area (Å²) in [6, 6.07) is 3.99. The highest BCUT2D eigenvalue weighted by atomic mass is 16.3. The zero-order valence-electron chi connectivity index (χ0n) is 9.88. The molecule has 0 saturated heterocycles. The average Bonchev–Trinajstić information content (AvgIpc) is 2.60. The Morgan fingerprint density at radius 2 is 2.19 bits per heavy atom. The Hall–Kier alpha value is -1.42. The number of fused-ring (bicyclic) bond motifs is 1. The van der Waals surface area contributed by atoms with Gasteiger partial charge in [-0.1, -0.05) is 13.8 Å². The fraction of sp³-hybridized carbons (Fsp3) is 0.500. The molecule has 0 amide bonds. The van der Waals surface area contributed by atoms with Crippen molar-refractivity contribution >= 4 is 5.65 Å². The minimum atomic E-state index is 0.0141. The topological polar surface area (TPSA) is 50.4 Å². The molecule has 0 aliphatic carbocycles. The van der Waals surface area contributed by atoms with Gasteiger partial charge in [0, 0.05) is 12.1 Å². The van der Waals surface area contributed by atoms with E-state index in [0.29, 0.717) is 5.92 Å². The molecule has 0 fully saturated rings. The third-order valence-electron chi connectivity index (χ3n) is 2.84. The lowest BCUT2D eigenvalue weighted by Gasteiger charge is -2.13. The van der Waals surface area contributed by atoms with Crippen LogP contribution in [0.25, 0.3) is 5.65 Å². The van der Waals surface area contributed by atoms with E-state index >= 15 is 0 Å². The molecule has 1 atom stereocenters. The second kappa shape index (κ2) is 4.22. The van der Waals surface area contributed by atoms with Crippen molar-refractivity contribution < 1.29 is 5.11 Å². The van der Waals surface area contributed by atoms with E-state index in [1.165, 1.54) is 0 Å². The van der Waals surface area contributed by atoms with Crippen molar-refractivity contribution in [3.05, 3.63) is 29.7 Å². The van der Waals surface area contributed by atoms with Crippen LogP contribution in [0.5, 0.6) is 0 Å². The molecule has 0 aliphatic rings. The standard InChI is InChI=1S/C12H17N3O/c1-8(2)10(7-16)12-13-11-6-9(3)4-5-15(11)14-12/h4-6,8,10,16H,7H2,1-3H3. The van der Waals surface area contributed by atoms with Crippen LogP contribution in [0.2, 0.25) is 0 Å². The maximum Gasteiger partial charge on any atom is 0.157 e. The van der Waals surface area contributed by atoms with Crippen molar-refractivity contribution in [1.82, 2.24) is 14.6 Å². The molecule has 0 radical (unpaired) electrons. The van der Waals surface area contributed by atoms with Gasteiger partial charge >= 0.3 is 0 Å². The SMILES string of the molecule is Cc1ccn2nc(C(CO)C(C)C)nc2c1. The number of nitrogens with zero attached hydrogens (tertiary/aromatic N) is 3. The molecule has 4 heteroatoms. The third-order valence-corrected chi connectivity index (χ3v) is 2.84. The van der Waals surface area contributed by atoms with Crippen molar-refractivity contribution in [3.63, 3.8) is 0 Å². The van der Waals surface area contributed by atoms with Crippen LogP contribution in [0, 0.1) is 12.8 Å². The smallest absolute Gasteiger partial charge is 0.157 e. The lowest BCUT2D eigenvalue weighted by atomic mass is 9.96. The number of aromatic nitrogens is 3. The summed E-state index contributed by atoms with van der Waals surface area (Å²) in [5.74, 6) is 1.08. The van der Waals surface area contributed by atoms with E-state index in [1.807, 2.05) is 25.3 Å². The van der Waals surface area contributed by atoms with Gasteiger partial charge in [0.15, 0.2) is 11.5 Å². The van der Waals surface area contributed by atoms with Gasteiger partial charge in [-0.3, -0.25) is 0 Å². The maximum atomic E-state index is 9.34. The number of pyridine rings is 1. The van der Waals surface area contributed by atoms with Crippen LogP contribution in [0.15, 0.2) is 18.3 Å². The molecule has 0 spiro atoms. The fourth-order valence-electron chi connectivity index (χ4n) is 1.75. The molecule has 2 aromatic heterocycles. The zero-order valence-corrected chi connectivity index (χ0v) is 9.88. The molecular formula is C12H17N3O. The molecule has 0 bridgehead atoms. The number of aliphatic hydroxyl groups excluding tert-OH is 1. The highest BCUT2D eigenvalue weighted by Crippen LogP contribution is 2.21. The van der Waals surface area contributed by atoms with Crippen molar-refractivity contribution in [1.29, 1.82) is 0 Å². The van der Waals surface area contributed by atoms with Gasteiger partial charge in [-0.05, 0) is 30.5 Å². The zero-order chi connectivity index (χ0) is 11.7. The summed E-state index contributed by atoms with van der Waals surface area (Å²) >= 11 is 0. The van der Waals surface area contributed by atoms with Gasteiger partial charge in [0.1, 0.15) is 0 Å². The molecule has 1 unspecified atom stereocenters. The molecule has 4 nitrogen and oxygen atoms in total. The molecular weight excluding hydrogens is 202 g/mol. The minimum Gasteiger partial charge on any atom is -0.396 e. The Bertz CT molecular complexity index is 490. The predicted molar refractivity (Wildman–Crippen MR) is 62.4 cm³/mol. The number of hydrogen-bond acceptors (Lipinski definition) is 3. The molecule has 86 valence electrons. The Morgan fingerprint density at radius 1 is 1.44 bits per heavy atom. The third kappa shape index (κ3) is 1.93. The van der Waals surface area contributed by atoms with Gasteiger partial charge in [0.05, 0.1) is 6.61 Å². The summed E-state index contributed by atoms with van der Waals surface area (Å²) in [5.41, 5.74) is 2.01. The van der Waals surface area contributed by atoms with Crippen LogP contribution >= 0.6 is 0 Å². The van der Waals surface area contributed by atoms with Crippen LogP contribution < -0.4 is 0 Å². The average molecular weight is 219 g/mol. The van der Waals surface area contributed by atoms with Crippen LogP contribution in [0.3, 0.4) is 0 Å². The van der Waals surface area contributed by atoms with E-state index in [4.69, 9.17) is 0 Å². The summed E-state index contributed by atoms with van der Waals surface area (Å²) < 4.78 is 1.76. The van der Waals surface area contributed by atoms with Gasteiger partial charge < -0.3 is 5.11 Å². The van der Waals surface area contributed by atoms with E-state index in [9.17, 15) is 5.11 Å². The molecule has 0 saturated carbocycles. The van der Waals surface area contributed by atoms with Crippen LogP contribution in [0.1, 0.15) is 31.2 Å². The first-order chi connectivity index (χ1) is 7.61. The molecule has 2 aromatic rings. The normalized spacial score (nSPS) is 13.6. The number of aryl methyl sites for hydroxylation is 1. The van der Waals surface area contributed by atoms with Crippen molar-refractivity contribution in [2.75, 3.05) is 6.61 Å². The largest absolute Gasteiger partial charge is 0.396 e. The van der Waals surface area contributed by atoms with Gasteiger partial charge in [-0.2, -0.15) is 5.10 Å². The molecule has 2 rings (SSSR count). The fourth-order valence-corrected chi connectivity index (χ4v) is 1.75. The Labute approximate surface area is 94.9 Å². The molecule has 2 heterocycles. The van der Waals surface area contributed by atoms with Gasteiger partial charge in [0.25, 0.3) is 0 Å². The second-order valence-electron chi connectivity index (χ2n) is 4.51. The summed E-state index contributed by atoms with van der Waals surface area (Å²) in [6.07, 6.45) is 1.90. The van der Waals surface area contributed by atoms with Gasteiger partial charge in [-0.25, -0.2) is 9.50 Å². The van der Waals surface area contributed by atoms with E-state index in [1.54, 1.807) is 4.52 Å². The lowest BCUT2D eigenvalue weighted by molar-refractivity contribution is 0.232. The Kier molecular flexibility index (Phi) is 2.92. The number of aliphatic hydroxyl groups is 1. The van der Waals surface area contributed by atoms with Crippen molar-refractivity contribution in [2.45, 2.75) is 26.7 Å². The Balaban J connectivity index is 2.45. The first kappa shape index (κ1) is 11.1. The highest BCUT2D eigenvalue weighted by molar-refractivity contribution is 5.40. The first-order valence-electron chi connectivity index (χ1n) is 5.55.